The van der Waals surface area contributed by atoms with Crippen LogP contribution in [0.15, 0.2) is 12.3 Å². The predicted octanol–water partition coefficient (Wildman–Crippen LogP) is 2.81. The lowest BCUT2D eigenvalue weighted by Gasteiger charge is -2.12. The summed E-state index contributed by atoms with van der Waals surface area (Å²) < 4.78 is 42.9. The summed E-state index contributed by atoms with van der Waals surface area (Å²) >= 11 is 1.69. The van der Waals surface area contributed by atoms with Gasteiger partial charge in [-0.1, -0.05) is 0 Å². The average Bonchev–Trinajstić information content (AvgIpc) is 2.19. The van der Waals surface area contributed by atoms with Crippen molar-refractivity contribution in [3.63, 3.8) is 0 Å². The molecule has 1 aromatic heterocycles. The van der Waals surface area contributed by atoms with Crippen LogP contribution in [0.4, 0.5) is 13.2 Å². The number of halogens is 4. The molecule has 0 bridgehead atoms. The smallest absolute Gasteiger partial charge is 0.416 e. The molecule has 1 aromatic rings. The number of aromatic nitrogens is 1. The predicted molar refractivity (Wildman–Crippen MR) is 62.3 cm³/mol. The molecule has 0 unspecified atom stereocenters. The lowest BCUT2D eigenvalue weighted by molar-refractivity contribution is -0.143. The largest absolute Gasteiger partial charge is 0.466 e. The van der Waals surface area contributed by atoms with Crippen LogP contribution in [0.1, 0.15) is 18.1 Å². The van der Waals surface area contributed by atoms with Gasteiger partial charge < -0.3 is 4.74 Å². The van der Waals surface area contributed by atoms with Gasteiger partial charge in [-0.05, 0) is 41.1 Å². The van der Waals surface area contributed by atoms with Crippen molar-refractivity contribution >= 4 is 28.6 Å². The van der Waals surface area contributed by atoms with Gasteiger partial charge in [0.05, 0.1) is 18.6 Å². The second-order valence-corrected chi connectivity index (χ2v) is 4.25. The third-order valence-corrected chi connectivity index (χ3v) is 2.49. The molecule has 0 aliphatic heterocycles. The molecule has 0 spiro atoms. The second kappa shape index (κ2) is 5.65. The molecule has 0 aromatic carbocycles. The number of pyridine rings is 1. The highest BCUT2D eigenvalue weighted by Crippen LogP contribution is 2.32. The fraction of sp³-hybridized carbons (Fsp3) is 0.400. The van der Waals surface area contributed by atoms with Gasteiger partial charge in [0.2, 0.25) is 0 Å². The van der Waals surface area contributed by atoms with Gasteiger partial charge in [0.1, 0.15) is 3.70 Å². The summed E-state index contributed by atoms with van der Waals surface area (Å²) in [5.41, 5.74) is -1.01. The molecule has 0 radical (unpaired) electrons. The number of alkyl halides is 3. The number of hydrogen-bond acceptors (Lipinski definition) is 3. The molecule has 0 aliphatic carbocycles. The summed E-state index contributed by atoms with van der Waals surface area (Å²) in [4.78, 5) is 14.9. The second-order valence-electron chi connectivity index (χ2n) is 3.14. The van der Waals surface area contributed by atoms with Crippen LogP contribution in [-0.2, 0) is 22.1 Å². The summed E-state index contributed by atoms with van der Waals surface area (Å²) in [6.07, 6.45) is -3.86. The fourth-order valence-electron chi connectivity index (χ4n) is 1.23. The van der Waals surface area contributed by atoms with Gasteiger partial charge in [0.25, 0.3) is 0 Å². The number of rotatable bonds is 3. The summed E-state index contributed by atoms with van der Waals surface area (Å²) in [6.45, 7) is 1.73. The lowest BCUT2D eigenvalue weighted by Crippen LogP contribution is -2.15. The van der Waals surface area contributed by atoms with Gasteiger partial charge in [0, 0.05) is 6.20 Å². The Morgan fingerprint density at radius 2 is 2.18 bits per heavy atom. The number of nitrogens with zero attached hydrogens (tertiary/aromatic N) is 1. The molecule has 7 heteroatoms. The van der Waals surface area contributed by atoms with Crippen LogP contribution in [0, 0.1) is 3.70 Å². The molecular formula is C10H9F3INO2. The van der Waals surface area contributed by atoms with Crippen molar-refractivity contribution in [2.75, 3.05) is 6.61 Å². The Bertz CT molecular complexity index is 421. The molecule has 17 heavy (non-hydrogen) atoms. The minimum atomic E-state index is -4.50. The standard InChI is InChI=1S/C10H9F3INO2/c1-2-17-9(16)3-6-5-15-8(14)4-7(6)10(11,12)13/h4-5H,2-3H2,1H3. The molecule has 0 saturated carbocycles. The molecule has 0 N–H and O–H groups in total. The van der Waals surface area contributed by atoms with Gasteiger partial charge in [-0.25, -0.2) is 0 Å². The quantitative estimate of drug-likeness (QED) is 0.473. The minimum absolute atomic E-state index is 0.137. The number of esters is 1. The molecule has 0 amide bonds. The molecule has 0 atom stereocenters. The Labute approximate surface area is 110 Å². The van der Waals surface area contributed by atoms with Crippen LogP contribution in [0.3, 0.4) is 0 Å². The van der Waals surface area contributed by atoms with Crippen LogP contribution in [-0.4, -0.2) is 17.6 Å². The zero-order valence-electron chi connectivity index (χ0n) is 8.84. The van der Waals surface area contributed by atoms with Gasteiger partial charge in [-0.2, -0.15) is 13.2 Å². The zero-order chi connectivity index (χ0) is 13.1. The third-order valence-electron chi connectivity index (χ3n) is 1.90. The number of ether oxygens (including phenoxy) is 1. The van der Waals surface area contributed by atoms with E-state index in [1.54, 1.807) is 29.5 Å². The number of carbonyl (C=O) groups is 1. The van der Waals surface area contributed by atoms with E-state index < -0.39 is 24.1 Å². The number of carbonyl (C=O) groups excluding carboxylic acids is 1. The Morgan fingerprint density at radius 3 is 2.71 bits per heavy atom. The first-order valence-corrected chi connectivity index (χ1v) is 5.79. The highest BCUT2D eigenvalue weighted by atomic mass is 127. The first-order valence-electron chi connectivity index (χ1n) is 4.71. The fourth-order valence-corrected chi connectivity index (χ4v) is 1.68. The molecule has 94 valence electrons. The van der Waals surface area contributed by atoms with Crippen LogP contribution >= 0.6 is 22.6 Å². The lowest BCUT2D eigenvalue weighted by atomic mass is 10.1. The monoisotopic (exact) mass is 359 g/mol. The zero-order valence-corrected chi connectivity index (χ0v) is 11.0. The molecule has 1 rings (SSSR count). The van der Waals surface area contributed by atoms with Crippen molar-refractivity contribution in [1.29, 1.82) is 0 Å². The summed E-state index contributed by atoms with van der Waals surface area (Å²) in [5.74, 6) is -0.694. The van der Waals surface area contributed by atoms with Crippen LogP contribution < -0.4 is 0 Å². The van der Waals surface area contributed by atoms with Gasteiger partial charge in [-0.15, -0.1) is 0 Å². The van der Waals surface area contributed by atoms with Crippen molar-refractivity contribution in [2.45, 2.75) is 19.5 Å². The van der Waals surface area contributed by atoms with E-state index in [2.05, 4.69) is 9.72 Å². The van der Waals surface area contributed by atoms with E-state index in [0.717, 1.165) is 12.3 Å². The SMILES string of the molecule is CCOC(=O)Cc1cnc(I)cc1C(F)(F)F. The van der Waals surface area contributed by atoms with Gasteiger partial charge in [0.15, 0.2) is 0 Å². The van der Waals surface area contributed by atoms with E-state index in [4.69, 9.17) is 0 Å². The molecular weight excluding hydrogens is 350 g/mol. The minimum Gasteiger partial charge on any atom is -0.466 e. The first kappa shape index (κ1) is 14.2. The topological polar surface area (TPSA) is 39.2 Å². The molecule has 3 nitrogen and oxygen atoms in total. The Balaban J connectivity index is 3.03. The Kier molecular flexibility index (Phi) is 4.72. The van der Waals surface area contributed by atoms with Crippen molar-refractivity contribution < 1.29 is 22.7 Å². The molecule has 1 heterocycles. The van der Waals surface area contributed by atoms with E-state index in [1.807, 2.05) is 0 Å². The van der Waals surface area contributed by atoms with Gasteiger partial charge in [-0.3, -0.25) is 9.78 Å². The molecule has 0 aliphatic rings. The Morgan fingerprint density at radius 1 is 1.53 bits per heavy atom. The van der Waals surface area contributed by atoms with Crippen molar-refractivity contribution in [2.24, 2.45) is 0 Å². The van der Waals surface area contributed by atoms with Crippen molar-refractivity contribution in [3.05, 3.63) is 27.1 Å². The number of hydrogen-bond donors (Lipinski definition) is 0. The van der Waals surface area contributed by atoms with Crippen molar-refractivity contribution in [3.8, 4) is 0 Å². The average molecular weight is 359 g/mol. The van der Waals surface area contributed by atoms with E-state index in [0.29, 0.717) is 0 Å². The summed E-state index contributed by atoms with van der Waals surface area (Å²) in [5, 5.41) is 0. The van der Waals surface area contributed by atoms with E-state index >= 15 is 0 Å². The van der Waals surface area contributed by atoms with E-state index in [-0.39, 0.29) is 15.9 Å². The maximum absolute atomic E-state index is 12.7. The first-order chi connectivity index (χ1) is 7.84. The van der Waals surface area contributed by atoms with Gasteiger partial charge >= 0.3 is 12.1 Å². The highest BCUT2D eigenvalue weighted by molar-refractivity contribution is 14.1. The maximum Gasteiger partial charge on any atom is 0.416 e. The summed E-state index contributed by atoms with van der Waals surface area (Å²) in [7, 11) is 0. The van der Waals surface area contributed by atoms with Crippen molar-refractivity contribution in [1.82, 2.24) is 4.98 Å². The molecule has 0 saturated heterocycles. The van der Waals surface area contributed by atoms with Crippen LogP contribution in [0.5, 0.6) is 0 Å². The Hall–Kier alpha value is -0.860. The maximum atomic E-state index is 12.7. The highest BCUT2D eigenvalue weighted by Gasteiger charge is 2.34. The molecule has 0 fully saturated rings. The van der Waals surface area contributed by atoms with E-state index in [1.165, 1.54) is 0 Å². The summed E-state index contributed by atoms with van der Waals surface area (Å²) in [6, 6.07) is 0.912. The van der Waals surface area contributed by atoms with Crippen LogP contribution in [0.25, 0.3) is 0 Å². The van der Waals surface area contributed by atoms with E-state index in [9.17, 15) is 18.0 Å². The normalized spacial score (nSPS) is 11.4. The third kappa shape index (κ3) is 4.14. The van der Waals surface area contributed by atoms with Crippen LogP contribution in [0.2, 0.25) is 0 Å².